The zero-order valence-electron chi connectivity index (χ0n) is 9.92. The molecule has 1 aromatic carbocycles. The SMILES string of the molecule is [11CH3]Cc1ccc(-c2nc3ccc(O)cc3s2)cn1. The highest BCUT2D eigenvalue weighted by atomic mass is 32.1. The summed E-state index contributed by atoms with van der Waals surface area (Å²) in [5, 5.41) is 10.4. The third kappa shape index (κ3) is 1.95. The molecule has 3 rings (SSSR count). The first kappa shape index (κ1) is 11.2. The van der Waals surface area contributed by atoms with Crippen LogP contribution in [0.25, 0.3) is 20.8 Å². The monoisotopic (exact) mass is 255 g/mol. The van der Waals surface area contributed by atoms with Gasteiger partial charge in [-0.15, -0.1) is 11.3 Å². The second-order valence-electron chi connectivity index (χ2n) is 4.06. The second kappa shape index (κ2) is 4.38. The van der Waals surface area contributed by atoms with E-state index in [2.05, 4.69) is 16.9 Å². The quantitative estimate of drug-likeness (QED) is 0.760. The Morgan fingerprint density at radius 3 is 2.83 bits per heavy atom. The van der Waals surface area contributed by atoms with Crippen molar-refractivity contribution < 1.29 is 5.11 Å². The van der Waals surface area contributed by atoms with E-state index >= 15 is 0 Å². The summed E-state index contributed by atoms with van der Waals surface area (Å²) in [6.45, 7) is 2.09. The molecule has 0 radical (unpaired) electrons. The number of hydrogen-bond donors (Lipinski definition) is 1. The molecule has 0 fully saturated rings. The van der Waals surface area contributed by atoms with E-state index in [9.17, 15) is 5.11 Å². The summed E-state index contributed by atoms with van der Waals surface area (Å²) < 4.78 is 0.990. The van der Waals surface area contributed by atoms with Gasteiger partial charge in [-0.05, 0) is 36.8 Å². The fourth-order valence-electron chi connectivity index (χ4n) is 1.80. The van der Waals surface area contributed by atoms with Gasteiger partial charge < -0.3 is 5.11 Å². The maximum Gasteiger partial charge on any atom is 0.126 e. The van der Waals surface area contributed by atoms with Crippen LogP contribution in [0.1, 0.15) is 12.6 Å². The molecule has 0 amide bonds. The van der Waals surface area contributed by atoms with Crippen molar-refractivity contribution in [2.45, 2.75) is 13.3 Å². The normalized spacial score (nSPS) is 10.9. The highest BCUT2D eigenvalue weighted by molar-refractivity contribution is 7.21. The molecule has 0 saturated carbocycles. The van der Waals surface area contributed by atoms with Gasteiger partial charge in [-0.25, -0.2) is 4.98 Å². The van der Waals surface area contributed by atoms with E-state index in [1.165, 1.54) is 0 Å². The number of pyridine rings is 1. The number of aromatic hydroxyl groups is 1. The average Bonchev–Trinajstić information content (AvgIpc) is 2.81. The first-order chi connectivity index (χ1) is 8.76. The van der Waals surface area contributed by atoms with Crippen molar-refractivity contribution >= 4 is 21.6 Å². The lowest BCUT2D eigenvalue weighted by Crippen LogP contribution is -1.86. The van der Waals surface area contributed by atoms with E-state index in [0.717, 1.165) is 32.9 Å². The third-order valence-corrected chi connectivity index (χ3v) is 3.87. The molecule has 90 valence electrons. The third-order valence-electron chi connectivity index (χ3n) is 2.81. The van der Waals surface area contributed by atoms with Gasteiger partial charge in [-0.1, -0.05) is 6.92 Å². The number of benzene rings is 1. The summed E-state index contributed by atoms with van der Waals surface area (Å²) in [6, 6.07) is 9.30. The summed E-state index contributed by atoms with van der Waals surface area (Å²) in [5.41, 5.74) is 3.01. The van der Waals surface area contributed by atoms with E-state index in [-0.39, 0.29) is 5.75 Å². The zero-order chi connectivity index (χ0) is 12.5. The van der Waals surface area contributed by atoms with E-state index in [4.69, 9.17) is 0 Å². The summed E-state index contributed by atoms with van der Waals surface area (Å²) in [6.07, 6.45) is 2.80. The van der Waals surface area contributed by atoms with E-state index < -0.39 is 0 Å². The fraction of sp³-hybridized carbons (Fsp3) is 0.143. The second-order valence-corrected chi connectivity index (χ2v) is 5.09. The molecule has 0 aliphatic carbocycles. The molecule has 0 unspecified atom stereocenters. The molecule has 0 atom stereocenters. The lowest BCUT2D eigenvalue weighted by Gasteiger charge is -1.97. The van der Waals surface area contributed by atoms with Crippen LogP contribution in [-0.2, 0) is 6.42 Å². The molecule has 18 heavy (non-hydrogen) atoms. The highest BCUT2D eigenvalue weighted by Gasteiger charge is 2.07. The van der Waals surface area contributed by atoms with Crippen molar-refractivity contribution in [2.24, 2.45) is 0 Å². The van der Waals surface area contributed by atoms with Crippen LogP contribution in [0.5, 0.6) is 5.75 Å². The predicted octanol–water partition coefficient (Wildman–Crippen LogP) is 3.63. The Labute approximate surface area is 109 Å². The van der Waals surface area contributed by atoms with Crippen LogP contribution >= 0.6 is 11.3 Å². The Morgan fingerprint density at radius 2 is 2.11 bits per heavy atom. The Bertz CT molecular complexity index is 689. The lowest BCUT2D eigenvalue weighted by molar-refractivity contribution is 0.476. The van der Waals surface area contributed by atoms with Crippen molar-refractivity contribution in [1.29, 1.82) is 0 Å². The van der Waals surface area contributed by atoms with Crippen molar-refractivity contribution in [2.75, 3.05) is 0 Å². The van der Waals surface area contributed by atoms with Gasteiger partial charge in [0, 0.05) is 17.5 Å². The van der Waals surface area contributed by atoms with E-state index in [1.54, 1.807) is 23.5 Å². The van der Waals surface area contributed by atoms with Crippen LogP contribution in [0.3, 0.4) is 0 Å². The molecule has 3 nitrogen and oxygen atoms in total. The molecule has 1 N–H and O–H groups in total. The lowest BCUT2D eigenvalue weighted by atomic mass is 10.1. The van der Waals surface area contributed by atoms with Gasteiger partial charge in [0.05, 0.1) is 10.2 Å². The molecule has 0 bridgehead atoms. The number of aryl methyl sites for hydroxylation is 1. The number of thiazole rings is 1. The maximum atomic E-state index is 9.44. The molecule has 0 saturated heterocycles. The van der Waals surface area contributed by atoms with Gasteiger partial charge in [-0.3, -0.25) is 4.98 Å². The van der Waals surface area contributed by atoms with Gasteiger partial charge >= 0.3 is 0 Å². The number of rotatable bonds is 2. The van der Waals surface area contributed by atoms with Crippen molar-refractivity contribution in [3.8, 4) is 16.3 Å². The number of phenols is 1. The standard InChI is InChI=1S/C14H12N2OS/c1-2-10-4-3-9(8-15-10)14-16-12-6-5-11(17)7-13(12)18-14/h3-8,17H,2H2,1H3/i1-1. The van der Waals surface area contributed by atoms with Gasteiger partial charge in [0.25, 0.3) is 0 Å². The van der Waals surface area contributed by atoms with Crippen molar-refractivity contribution in [3.63, 3.8) is 0 Å². The van der Waals surface area contributed by atoms with Crippen LogP contribution in [0.4, 0.5) is 0 Å². The Hall–Kier alpha value is -1.94. The number of nitrogens with zero attached hydrogens (tertiary/aromatic N) is 2. The topological polar surface area (TPSA) is 46.0 Å². The van der Waals surface area contributed by atoms with Crippen LogP contribution in [-0.4, -0.2) is 15.1 Å². The minimum absolute atomic E-state index is 0.275. The van der Waals surface area contributed by atoms with Crippen LogP contribution in [0.2, 0.25) is 0 Å². The van der Waals surface area contributed by atoms with Gasteiger partial charge in [0.1, 0.15) is 10.8 Å². The maximum absolute atomic E-state index is 9.44. The molecular formula is C14H12N2OS. The first-order valence-electron chi connectivity index (χ1n) is 5.81. The van der Waals surface area contributed by atoms with Crippen LogP contribution < -0.4 is 0 Å². The van der Waals surface area contributed by atoms with E-state index in [0.29, 0.717) is 0 Å². The van der Waals surface area contributed by atoms with Gasteiger partial charge in [0.15, 0.2) is 0 Å². The molecule has 2 aromatic heterocycles. The van der Waals surface area contributed by atoms with Crippen LogP contribution in [0, 0.1) is 0 Å². The molecule has 0 spiro atoms. The molecule has 3 aromatic rings. The Morgan fingerprint density at radius 1 is 1.22 bits per heavy atom. The highest BCUT2D eigenvalue weighted by Crippen LogP contribution is 2.31. The Balaban J connectivity index is 2.07. The molecule has 2 heterocycles. The number of phenolic OH excluding ortho intramolecular Hbond substituents is 1. The largest absolute Gasteiger partial charge is 0.508 e. The summed E-state index contributed by atoms with van der Waals surface area (Å²) in [4.78, 5) is 8.93. The molecule has 0 aliphatic heterocycles. The number of aromatic nitrogens is 2. The number of fused-ring (bicyclic) bond motifs is 1. The van der Waals surface area contributed by atoms with E-state index in [1.807, 2.05) is 24.4 Å². The minimum atomic E-state index is 0.275. The molecule has 4 heteroatoms. The van der Waals surface area contributed by atoms with Crippen LogP contribution in [0.15, 0.2) is 36.5 Å². The van der Waals surface area contributed by atoms with Crippen molar-refractivity contribution in [3.05, 3.63) is 42.2 Å². The zero-order valence-corrected chi connectivity index (χ0v) is 10.7. The predicted molar refractivity (Wildman–Crippen MR) is 73.9 cm³/mol. The summed E-state index contributed by atoms with van der Waals surface area (Å²) in [7, 11) is 0. The van der Waals surface area contributed by atoms with Crippen molar-refractivity contribution in [1.82, 2.24) is 9.97 Å². The number of hydrogen-bond acceptors (Lipinski definition) is 4. The molecule has 0 aliphatic rings. The fourth-order valence-corrected chi connectivity index (χ4v) is 2.79. The average molecular weight is 255 g/mol. The first-order valence-corrected chi connectivity index (χ1v) is 6.63. The van der Waals surface area contributed by atoms with Gasteiger partial charge in [0.2, 0.25) is 0 Å². The smallest absolute Gasteiger partial charge is 0.126 e. The Kier molecular flexibility index (Phi) is 2.72. The van der Waals surface area contributed by atoms with Gasteiger partial charge in [-0.2, -0.15) is 0 Å². The molecular weight excluding hydrogens is 243 g/mol. The summed E-state index contributed by atoms with van der Waals surface area (Å²) >= 11 is 1.57. The minimum Gasteiger partial charge on any atom is -0.508 e. The summed E-state index contributed by atoms with van der Waals surface area (Å²) in [5.74, 6) is 0.275.